The van der Waals surface area contributed by atoms with Crippen LogP contribution < -0.4 is 39.1 Å². The minimum absolute atomic E-state index is 0.0361. The number of H-pyrrole nitrogens is 2. The molecule has 74 heavy (non-hydrogen) atoms. The van der Waals surface area contributed by atoms with Crippen molar-refractivity contribution in [2.45, 2.75) is 77.2 Å². The number of fused-ring (bicyclic) bond motifs is 4. The fraction of sp³-hybridized carbons (Fsp3) is 0.451. The average molecular weight is 1020 g/mol. The van der Waals surface area contributed by atoms with Crippen LogP contribution in [0.5, 0.6) is 34.5 Å². The van der Waals surface area contributed by atoms with Gasteiger partial charge >= 0.3 is 0 Å². The van der Waals surface area contributed by atoms with Crippen molar-refractivity contribution in [3.05, 3.63) is 59.4 Å². The lowest BCUT2D eigenvalue weighted by Crippen LogP contribution is -2.43. The number of aromatic amines is 2. The quantitative estimate of drug-likeness (QED) is 0.0825. The maximum atomic E-state index is 13.4. The van der Waals surface area contributed by atoms with Crippen LogP contribution in [0.4, 0.5) is 0 Å². The molecule has 4 amide bonds. The first-order valence-corrected chi connectivity index (χ1v) is 24.8. The molecule has 8 heterocycles. The fourth-order valence-corrected chi connectivity index (χ4v) is 9.83. The van der Waals surface area contributed by atoms with E-state index in [2.05, 4.69) is 40.5 Å². The second-order valence-electron chi connectivity index (χ2n) is 19.5. The van der Waals surface area contributed by atoms with Gasteiger partial charge in [-0.15, -0.1) is 0 Å². The Balaban J connectivity index is 0.000000159. The molecule has 12 rings (SSSR count). The molecule has 2 saturated heterocycles. The number of β-amino-alcohol motifs (C(OH)–C–C–N with tert-alkyl or cyclic N) is 1. The van der Waals surface area contributed by atoms with Crippen molar-refractivity contribution in [2.24, 2.45) is 11.8 Å². The molecule has 6 aromatic rings. The Morgan fingerprint density at radius 2 is 1.24 bits per heavy atom. The number of amides is 4. The molecule has 2 saturated carbocycles. The van der Waals surface area contributed by atoms with Crippen molar-refractivity contribution in [2.75, 3.05) is 59.6 Å². The van der Waals surface area contributed by atoms with Crippen LogP contribution in [-0.2, 0) is 9.59 Å². The number of aryl methyl sites for hydroxylation is 2. The summed E-state index contributed by atoms with van der Waals surface area (Å²) >= 11 is 0. The molecule has 6 aliphatic rings. The number of nitrogens with zero attached hydrogens (tertiary/aromatic N) is 6. The second-order valence-corrected chi connectivity index (χ2v) is 19.5. The summed E-state index contributed by atoms with van der Waals surface area (Å²) in [5.74, 6) is 3.06. The van der Waals surface area contributed by atoms with Crippen molar-refractivity contribution in [1.82, 2.24) is 50.3 Å². The van der Waals surface area contributed by atoms with Gasteiger partial charge in [-0.05, 0) is 89.0 Å². The van der Waals surface area contributed by atoms with Gasteiger partial charge in [0.05, 0.1) is 58.6 Å². The van der Waals surface area contributed by atoms with Crippen LogP contribution in [0.1, 0.15) is 71.1 Å². The Labute approximate surface area is 422 Å². The van der Waals surface area contributed by atoms with E-state index in [0.717, 1.165) is 25.7 Å². The first kappa shape index (κ1) is 48.5. The zero-order chi connectivity index (χ0) is 51.4. The smallest absolute Gasteiger partial charge is 0.255 e. The van der Waals surface area contributed by atoms with Crippen LogP contribution in [0.25, 0.3) is 44.6 Å². The number of hydrogen-bond acceptors (Lipinski definition) is 17. The molecular formula is C51H56N10O13. The van der Waals surface area contributed by atoms with Crippen LogP contribution in [0.15, 0.2) is 36.9 Å². The van der Waals surface area contributed by atoms with E-state index in [1.54, 1.807) is 11.8 Å². The van der Waals surface area contributed by atoms with Gasteiger partial charge in [-0.2, -0.15) is 0 Å². The Bertz CT molecular complexity index is 3190. The monoisotopic (exact) mass is 1020 g/mol. The number of aliphatic hydroxyl groups excluding tert-OH is 3. The molecule has 0 bridgehead atoms. The van der Waals surface area contributed by atoms with E-state index >= 15 is 0 Å². The molecule has 23 nitrogen and oxygen atoms in total. The van der Waals surface area contributed by atoms with Gasteiger partial charge in [0, 0.05) is 43.6 Å². The summed E-state index contributed by atoms with van der Waals surface area (Å²) in [6.45, 7) is 6.75. The van der Waals surface area contributed by atoms with E-state index in [1.807, 2.05) is 31.2 Å². The SMILES string of the molecule is Cc1[nH]c2c(-c3c(OCC4CC4)ccc4c3OCO4)ncnc2c1C(=O)N[C@@H]1CCN(C(=O)[C@H](C)O)C1.Cc1[nH]c2c(-c3c(OCC4CC4)ccc4c3OCO4)ncnc2c1C(=O)N[C@@H]1CN(C(=O)CO)C[C@H]1O. The van der Waals surface area contributed by atoms with E-state index in [4.69, 9.17) is 33.5 Å². The van der Waals surface area contributed by atoms with Crippen LogP contribution in [-0.4, -0.2) is 163 Å². The number of likely N-dealkylation sites (tertiary alicyclic amines) is 2. The Morgan fingerprint density at radius 1 is 0.716 bits per heavy atom. The minimum Gasteiger partial charge on any atom is -0.492 e. The van der Waals surface area contributed by atoms with Gasteiger partial charge in [-0.3, -0.25) is 19.2 Å². The summed E-state index contributed by atoms with van der Waals surface area (Å²) in [4.78, 5) is 78.0. The van der Waals surface area contributed by atoms with Crippen LogP contribution in [0, 0.1) is 25.7 Å². The van der Waals surface area contributed by atoms with Gasteiger partial charge in [0.1, 0.15) is 59.3 Å². The van der Waals surface area contributed by atoms with Crippen LogP contribution in [0.3, 0.4) is 0 Å². The predicted octanol–water partition coefficient (Wildman–Crippen LogP) is 2.91. The first-order chi connectivity index (χ1) is 35.8. The molecule has 0 radical (unpaired) electrons. The lowest BCUT2D eigenvalue weighted by molar-refractivity contribution is -0.138. The summed E-state index contributed by atoms with van der Waals surface area (Å²) < 4.78 is 35.1. The van der Waals surface area contributed by atoms with Gasteiger partial charge in [0.2, 0.25) is 19.5 Å². The highest BCUT2D eigenvalue weighted by Crippen LogP contribution is 2.50. The number of carbonyl (C=O) groups is 4. The van der Waals surface area contributed by atoms with E-state index in [9.17, 15) is 29.4 Å². The summed E-state index contributed by atoms with van der Waals surface area (Å²) in [6, 6.07) is 6.44. The normalized spacial score (nSPS) is 19.9. The highest BCUT2D eigenvalue weighted by molar-refractivity contribution is 6.11. The van der Waals surface area contributed by atoms with Crippen molar-refractivity contribution >= 4 is 45.7 Å². The molecule has 7 N–H and O–H groups in total. The summed E-state index contributed by atoms with van der Waals surface area (Å²) in [5.41, 5.74) is 6.34. The number of rotatable bonds is 14. The van der Waals surface area contributed by atoms with Crippen LogP contribution in [0.2, 0.25) is 0 Å². The molecule has 2 aromatic carbocycles. The number of benzene rings is 2. The average Bonchev–Trinajstić information content (AvgIpc) is 3.93. The number of hydrogen-bond donors (Lipinski definition) is 7. The standard InChI is InChI=1S/C26H29N5O6.C25H27N5O7/c1-13-19(25(33)30-16-7-8-31(9-16)26(34)14(2)32)21-23(29-13)22(28-11-27-21)20-17(35-10-15-3-4-15)5-6-18-24(20)37-12-36-18;1-12-19(25(34)29-14-6-30(7-15(14)32)18(33)8-31)21-23(28-12)22(27-10-26-21)20-16(35-9-13-2-3-13)4-5-17-24(20)37-11-36-17/h5-6,11,14-16,29,32H,3-4,7-10,12H2,1-2H3,(H,30,33);4-5,10,13-15,28,31-32H,2-3,6-9,11H2,1H3,(H,29,34)/t14-,16+;14-,15-/m01/s1. The number of ether oxygens (including phenoxy) is 6. The Hall–Kier alpha value is -7.76. The topological polar surface area (TPSA) is 298 Å². The molecule has 4 aliphatic heterocycles. The van der Waals surface area contributed by atoms with Gasteiger partial charge in [-0.1, -0.05) is 0 Å². The van der Waals surface area contributed by atoms with E-state index < -0.39 is 36.7 Å². The zero-order valence-electron chi connectivity index (χ0n) is 40.9. The third-order valence-corrected chi connectivity index (χ3v) is 14.1. The predicted molar refractivity (Wildman–Crippen MR) is 262 cm³/mol. The van der Waals surface area contributed by atoms with Gasteiger partial charge in [0.25, 0.3) is 17.7 Å². The lowest BCUT2D eigenvalue weighted by atomic mass is 10.1. The Kier molecular flexibility index (Phi) is 13.1. The Morgan fingerprint density at radius 3 is 1.74 bits per heavy atom. The zero-order valence-corrected chi connectivity index (χ0v) is 40.9. The van der Waals surface area contributed by atoms with E-state index in [0.29, 0.717) is 146 Å². The highest BCUT2D eigenvalue weighted by atomic mass is 16.7. The number of aliphatic hydroxyl groups is 3. The van der Waals surface area contributed by atoms with E-state index in [1.165, 1.54) is 24.5 Å². The van der Waals surface area contributed by atoms with E-state index in [-0.39, 0.29) is 44.5 Å². The molecule has 4 aromatic heterocycles. The lowest BCUT2D eigenvalue weighted by Gasteiger charge is -2.18. The first-order valence-electron chi connectivity index (χ1n) is 24.8. The van der Waals surface area contributed by atoms with Crippen LogP contribution >= 0.6 is 0 Å². The minimum atomic E-state index is -1.06. The van der Waals surface area contributed by atoms with Gasteiger partial charge < -0.3 is 74.1 Å². The maximum Gasteiger partial charge on any atom is 0.255 e. The molecule has 4 atom stereocenters. The van der Waals surface area contributed by atoms with Gasteiger partial charge in [0.15, 0.2) is 23.0 Å². The fourth-order valence-electron chi connectivity index (χ4n) is 9.83. The third kappa shape index (κ3) is 9.41. The van der Waals surface area contributed by atoms with Crippen molar-refractivity contribution in [1.29, 1.82) is 0 Å². The molecule has 0 unspecified atom stereocenters. The van der Waals surface area contributed by atoms with Crippen molar-refractivity contribution < 1.29 is 62.9 Å². The third-order valence-electron chi connectivity index (χ3n) is 14.1. The number of aromatic nitrogens is 6. The molecule has 4 fully saturated rings. The highest BCUT2D eigenvalue weighted by Gasteiger charge is 2.37. The summed E-state index contributed by atoms with van der Waals surface area (Å²) in [6.07, 6.45) is 6.03. The largest absolute Gasteiger partial charge is 0.492 e. The van der Waals surface area contributed by atoms with Crippen molar-refractivity contribution in [3.8, 4) is 57.0 Å². The van der Waals surface area contributed by atoms with Gasteiger partial charge in [-0.25, -0.2) is 19.9 Å². The molecule has 0 spiro atoms. The molecule has 23 heteroatoms. The van der Waals surface area contributed by atoms with Crippen molar-refractivity contribution in [3.63, 3.8) is 0 Å². The molecule has 388 valence electrons. The molecular weight excluding hydrogens is 961 g/mol. The number of carbonyl (C=O) groups excluding carboxylic acids is 4. The summed E-state index contributed by atoms with van der Waals surface area (Å²) in [7, 11) is 0. The number of nitrogens with one attached hydrogen (secondary N) is 4. The maximum absolute atomic E-state index is 13.4. The molecule has 2 aliphatic carbocycles. The summed E-state index contributed by atoms with van der Waals surface area (Å²) in [5, 5.41) is 34.9. The second kappa shape index (κ2) is 19.9.